The summed E-state index contributed by atoms with van der Waals surface area (Å²) in [5.41, 5.74) is -0.774. The van der Waals surface area contributed by atoms with Gasteiger partial charge in [-0.3, -0.25) is 4.79 Å². The molecule has 0 bridgehead atoms. The molecule has 1 atom stereocenters. The summed E-state index contributed by atoms with van der Waals surface area (Å²) in [6, 6.07) is 14.9. The third-order valence-electron chi connectivity index (χ3n) is 2.49. The van der Waals surface area contributed by atoms with Crippen LogP contribution in [0.25, 0.3) is 0 Å². The van der Waals surface area contributed by atoms with Gasteiger partial charge in [0.25, 0.3) is 0 Å². The summed E-state index contributed by atoms with van der Waals surface area (Å²) in [6.07, 6.45) is 0. The fraction of sp³-hybridized carbons (Fsp3) is 0.0714. The van der Waals surface area contributed by atoms with Crippen molar-refractivity contribution in [2.45, 2.75) is 5.92 Å². The molecule has 0 fully saturated rings. The molecule has 0 spiro atoms. The van der Waals surface area contributed by atoms with E-state index in [9.17, 15) is 18.0 Å². The van der Waals surface area contributed by atoms with Crippen molar-refractivity contribution in [1.29, 1.82) is 0 Å². The predicted octanol–water partition coefficient (Wildman–Crippen LogP) is 1.27. The average Bonchev–Trinajstić information content (AvgIpc) is 2.39. The van der Waals surface area contributed by atoms with Gasteiger partial charge in [-0.05, 0) is 5.30 Å². The minimum atomic E-state index is -4.54. The Bertz CT molecular complexity index is 563. The van der Waals surface area contributed by atoms with E-state index in [1.54, 1.807) is 24.3 Å². The van der Waals surface area contributed by atoms with Crippen LogP contribution in [0.4, 0.5) is 13.2 Å². The summed E-state index contributed by atoms with van der Waals surface area (Å²) >= 11 is 0. The molecule has 0 saturated heterocycles. The zero-order valence-electron chi connectivity index (χ0n) is 11.8. The fourth-order valence-corrected chi connectivity index (χ4v) is 3.30. The number of carbonyl (C=O) groups excluding carboxylic acids is 1. The zero-order chi connectivity index (χ0) is 13.9. The summed E-state index contributed by atoms with van der Waals surface area (Å²) in [7, 11) is -2.87. The smallest absolute Gasteiger partial charge is 1.00 e. The summed E-state index contributed by atoms with van der Waals surface area (Å²) < 4.78 is 39.4. The van der Waals surface area contributed by atoms with E-state index in [1.807, 2.05) is 0 Å². The molecule has 2 rings (SSSR count). The number of benzene rings is 2. The van der Waals surface area contributed by atoms with Crippen molar-refractivity contribution in [2.75, 3.05) is 0 Å². The molecule has 1 unspecified atom stereocenters. The normalized spacial score (nSPS) is 12.3. The summed E-state index contributed by atoms with van der Waals surface area (Å²) in [6.45, 7) is 0. The average molecular weight is 290 g/mol. The maximum absolute atomic E-state index is 13.1. The first-order valence-electron chi connectivity index (χ1n) is 5.51. The second kappa shape index (κ2) is 7.08. The first kappa shape index (κ1) is 17.0. The van der Waals surface area contributed by atoms with E-state index < -0.39 is 19.4 Å². The van der Waals surface area contributed by atoms with Crippen molar-refractivity contribution < 1.29 is 38.3 Å². The molecule has 20 heavy (non-hydrogen) atoms. The van der Waals surface area contributed by atoms with Crippen LogP contribution in [-0.2, 0) is 0 Å². The van der Waals surface area contributed by atoms with Gasteiger partial charge in [0.1, 0.15) is 7.92 Å². The molecule has 0 heterocycles. The molecule has 0 saturated carbocycles. The molecule has 1 nitrogen and oxygen atoms in total. The van der Waals surface area contributed by atoms with Gasteiger partial charge >= 0.3 is 24.8 Å². The van der Waals surface area contributed by atoms with Gasteiger partial charge < -0.3 is 1.43 Å². The van der Waals surface area contributed by atoms with Crippen LogP contribution in [0.2, 0.25) is 0 Å². The van der Waals surface area contributed by atoms with E-state index in [0.29, 0.717) is 0 Å². The van der Waals surface area contributed by atoms with Crippen LogP contribution in [0.1, 0.15) is 11.8 Å². The molecule has 100 valence electrons. The van der Waals surface area contributed by atoms with Gasteiger partial charge in [0.2, 0.25) is 0 Å². The van der Waals surface area contributed by atoms with Gasteiger partial charge in [0, 0.05) is 5.56 Å². The molecule has 0 aliphatic heterocycles. The van der Waals surface area contributed by atoms with Crippen molar-refractivity contribution in [1.82, 2.24) is 0 Å². The summed E-state index contributed by atoms with van der Waals surface area (Å²) in [5, 5.41) is 0.0267. The minimum Gasteiger partial charge on any atom is -1.00 e. The van der Waals surface area contributed by atoms with Crippen molar-refractivity contribution in [3.63, 3.8) is 0 Å². The van der Waals surface area contributed by atoms with E-state index >= 15 is 0 Å². The Hall–Kier alpha value is -1.07. The van der Waals surface area contributed by atoms with Crippen LogP contribution in [-0.4, -0.2) is 11.4 Å². The minimum absolute atomic E-state index is 0. The quantitative estimate of drug-likeness (QED) is 0.614. The first-order valence-corrected chi connectivity index (χ1v) is 6.85. The maximum Gasteiger partial charge on any atom is 1.00 e. The van der Waals surface area contributed by atoms with Gasteiger partial charge in [-0.15, -0.1) is 0 Å². The van der Waals surface area contributed by atoms with E-state index in [-0.39, 0.29) is 31.2 Å². The standard InChI is InChI=1S/C14H10F3OP.Li.H/c15-14(16,17)19(12-9-5-2-6-10-12)13(18)11-7-3-1-4-8-11;;/h1-10H;;/q;+1;-1. The second-order valence-electron chi connectivity index (χ2n) is 3.81. The largest absolute Gasteiger partial charge is 1.00 e. The Morgan fingerprint density at radius 2 is 1.35 bits per heavy atom. The second-order valence-corrected chi connectivity index (χ2v) is 5.91. The monoisotopic (exact) mass is 290 g/mol. The van der Waals surface area contributed by atoms with Crippen LogP contribution >= 0.6 is 7.92 Å². The van der Waals surface area contributed by atoms with Crippen LogP contribution < -0.4 is 24.2 Å². The van der Waals surface area contributed by atoms with E-state index in [1.165, 1.54) is 36.4 Å². The SMILES string of the molecule is O=C(c1ccccc1)P(c1ccccc1)C(F)(F)F.[H-].[Li+]. The van der Waals surface area contributed by atoms with Gasteiger partial charge in [-0.2, -0.15) is 13.2 Å². The van der Waals surface area contributed by atoms with Gasteiger partial charge in [-0.1, -0.05) is 60.7 Å². The Morgan fingerprint density at radius 1 is 0.900 bits per heavy atom. The molecule has 2 aromatic rings. The van der Waals surface area contributed by atoms with Crippen LogP contribution in [0.15, 0.2) is 60.7 Å². The van der Waals surface area contributed by atoms with Crippen LogP contribution in [0.5, 0.6) is 0 Å². The zero-order valence-corrected chi connectivity index (χ0v) is 11.7. The van der Waals surface area contributed by atoms with Crippen molar-refractivity contribution >= 4 is 18.8 Å². The number of halogens is 3. The van der Waals surface area contributed by atoms with E-state index in [4.69, 9.17) is 0 Å². The number of rotatable bonds is 3. The third kappa shape index (κ3) is 3.96. The van der Waals surface area contributed by atoms with E-state index in [2.05, 4.69) is 0 Å². The topological polar surface area (TPSA) is 17.1 Å². The van der Waals surface area contributed by atoms with Crippen molar-refractivity contribution in [3.8, 4) is 0 Å². The third-order valence-corrected chi connectivity index (χ3v) is 4.48. The molecule has 0 N–H and O–H groups in total. The molecule has 0 amide bonds. The van der Waals surface area contributed by atoms with Gasteiger partial charge in [-0.25, -0.2) is 0 Å². The molecular weight excluding hydrogens is 279 g/mol. The maximum atomic E-state index is 13.1. The number of hydrogen-bond donors (Lipinski definition) is 0. The predicted molar refractivity (Wildman–Crippen MR) is 70.9 cm³/mol. The first-order chi connectivity index (χ1) is 9.00. The van der Waals surface area contributed by atoms with Crippen LogP contribution in [0, 0.1) is 0 Å². The van der Waals surface area contributed by atoms with Gasteiger partial charge in [0.05, 0.1) is 0 Å². The Labute approximate surface area is 129 Å². The number of hydrogen-bond acceptors (Lipinski definition) is 1. The Morgan fingerprint density at radius 3 is 1.80 bits per heavy atom. The van der Waals surface area contributed by atoms with Crippen LogP contribution in [0.3, 0.4) is 0 Å². The fourth-order valence-electron chi connectivity index (χ4n) is 1.67. The number of alkyl halides is 3. The van der Waals surface area contributed by atoms with E-state index in [0.717, 1.165) is 0 Å². The summed E-state index contributed by atoms with van der Waals surface area (Å²) in [5.74, 6) is -4.54. The van der Waals surface area contributed by atoms with Crippen molar-refractivity contribution in [3.05, 3.63) is 66.2 Å². The molecule has 2 aromatic carbocycles. The molecule has 0 radical (unpaired) electrons. The molecular formula is C14H11F3LiOP. The number of carbonyl (C=O) groups is 1. The molecule has 0 aliphatic carbocycles. The van der Waals surface area contributed by atoms with Crippen molar-refractivity contribution in [2.24, 2.45) is 0 Å². The Balaban J connectivity index is 0.00000200. The van der Waals surface area contributed by atoms with Gasteiger partial charge in [0.15, 0.2) is 5.52 Å². The summed E-state index contributed by atoms with van der Waals surface area (Å²) in [4.78, 5) is 12.1. The molecule has 0 aliphatic rings. The molecule has 6 heteroatoms. The molecule has 0 aromatic heterocycles. The Kier molecular flexibility index (Phi) is 6.01.